The Morgan fingerprint density at radius 1 is 0.926 bits per heavy atom. The predicted octanol–water partition coefficient (Wildman–Crippen LogP) is 3.56. The van der Waals surface area contributed by atoms with Crippen molar-refractivity contribution in [2.24, 2.45) is 0 Å². The van der Waals surface area contributed by atoms with Gasteiger partial charge in [0.2, 0.25) is 0 Å². The third-order valence-corrected chi connectivity index (χ3v) is 4.84. The van der Waals surface area contributed by atoms with Gasteiger partial charge in [0.25, 0.3) is 10.0 Å². The molecule has 0 saturated carbocycles. The summed E-state index contributed by atoms with van der Waals surface area (Å²) >= 11 is 0. The fourth-order valence-corrected chi connectivity index (χ4v) is 3.21. The normalized spacial score (nSPS) is 11.0. The Morgan fingerprint density at radius 3 is 2.15 bits per heavy atom. The minimum Gasteiger partial charge on any atom is -0.494 e. The number of rotatable bonds is 7. The molecule has 1 aromatic heterocycles. The highest BCUT2D eigenvalue weighted by atomic mass is 32.2. The molecule has 0 radical (unpaired) electrons. The summed E-state index contributed by atoms with van der Waals surface area (Å²) in [4.78, 5) is 0.0845. The van der Waals surface area contributed by atoms with Crippen LogP contribution < -0.4 is 14.8 Å². The highest BCUT2D eigenvalue weighted by Gasteiger charge is 2.15. The predicted molar refractivity (Wildman–Crippen MR) is 100 cm³/mol. The summed E-state index contributed by atoms with van der Waals surface area (Å²) in [5, 5.41) is 10.7. The number of sulfonamides is 1. The molecule has 7 nitrogen and oxygen atoms in total. The van der Waals surface area contributed by atoms with Crippen LogP contribution in [0.4, 0.5) is 21.7 Å². The summed E-state index contributed by atoms with van der Waals surface area (Å²) in [7, 11) is -3.79. The van der Waals surface area contributed by atoms with Crippen molar-refractivity contribution < 1.29 is 17.5 Å². The smallest absolute Gasteiger partial charge is 0.263 e. The molecule has 0 fully saturated rings. The highest BCUT2D eigenvalue weighted by Crippen LogP contribution is 2.19. The van der Waals surface area contributed by atoms with Gasteiger partial charge in [-0.15, -0.1) is 10.2 Å². The van der Waals surface area contributed by atoms with E-state index in [1.165, 1.54) is 30.3 Å². The monoisotopic (exact) mass is 388 g/mol. The lowest BCUT2D eigenvalue weighted by Crippen LogP contribution is -2.14. The van der Waals surface area contributed by atoms with Crippen molar-refractivity contribution >= 4 is 27.3 Å². The van der Waals surface area contributed by atoms with E-state index in [1.54, 1.807) is 30.3 Å². The van der Waals surface area contributed by atoms with Crippen LogP contribution in [0.25, 0.3) is 0 Å². The van der Waals surface area contributed by atoms with Crippen molar-refractivity contribution in [2.75, 3.05) is 16.6 Å². The number of halogens is 1. The fourth-order valence-electron chi connectivity index (χ4n) is 2.21. The molecule has 0 aliphatic heterocycles. The molecule has 0 atom stereocenters. The van der Waals surface area contributed by atoms with Crippen LogP contribution in [-0.4, -0.2) is 25.2 Å². The Balaban J connectivity index is 1.68. The van der Waals surface area contributed by atoms with E-state index in [2.05, 4.69) is 20.2 Å². The number of anilines is 3. The molecule has 1 heterocycles. The molecule has 0 amide bonds. The molecule has 0 aliphatic carbocycles. The average molecular weight is 388 g/mol. The van der Waals surface area contributed by atoms with Crippen LogP contribution in [0.5, 0.6) is 5.75 Å². The second kappa shape index (κ2) is 8.00. The Hall–Kier alpha value is -3.20. The Kier molecular flexibility index (Phi) is 5.51. The van der Waals surface area contributed by atoms with Gasteiger partial charge in [0.05, 0.1) is 11.5 Å². The molecular formula is C18H17FN4O3S. The van der Waals surface area contributed by atoms with Crippen molar-refractivity contribution in [3.63, 3.8) is 0 Å². The van der Waals surface area contributed by atoms with Crippen LogP contribution in [0, 0.1) is 5.82 Å². The maximum atomic E-state index is 12.9. The third kappa shape index (κ3) is 4.91. The largest absolute Gasteiger partial charge is 0.494 e. The number of aromatic nitrogens is 2. The first-order valence-electron chi connectivity index (χ1n) is 8.08. The van der Waals surface area contributed by atoms with Crippen LogP contribution in [0.15, 0.2) is 65.6 Å². The van der Waals surface area contributed by atoms with Crippen LogP contribution in [0.3, 0.4) is 0 Å². The lowest BCUT2D eigenvalue weighted by atomic mass is 10.3. The molecular weight excluding hydrogens is 371 g/mol. The Bertz CT molecular complexity index is 992. The summed E-state index contributed by atoms with van der Waals surface area (Å²) in [5.74, 6) is 0.720. The van der Waals surface area contributed by atoms with Crippen LogP contribution in [-0.2, 0) is 10.0 Å². The van der Waals surface area contributed by atoms with Gasteiger partial charge in [0, 0.05) is 5.69 Å². The molecule has 0 spiro atoms. The van der Waals surface area contributed by atoms with E-state index in [0.29, 0.717) is 23.9 Å². The summed E-state index contributed by atoms with van der Waals surface area (Å²) in [6.07, 6.45) is 0. The summed E-state index contributed by atoms with van der Waals surface area (Å²) in [6, 6.07) is 14.8. The molecule has 0 bridgehead atoms. The van der Waals surface area contributed by atoms with E-state index in [1.807, 2.05) is 6.92 Å². The standard InChI is InChI=1S/C18H17FN4O3S/c1-2-26-15-7-9-16(10-8-15)27(24,25)23-18-12-11-17(21-22-18)20-14-5-3-13(19)4-6-14/h3-12H,2H2,1H3,(H,20,21)(H,22,23). The van der Waals surface area contributed by atoms with Gasteiger partial charge in [-0.3, -0.25) is 4.72 Å². The Morgan fingerprint density at radius 2 is 1.56 bits per heavy atom. The van der Waals surface area contributed by atoms with Gasteiger partial charge in [-0.05, 0) is 67.6 Å². The second-order valence-corrected chi connectivity index (χ2v) is 7.13. The number of hydrogen-bond donors (Lipinski definition) is 2. The van der Waals surface area contributed by atoms with Crippen molar-refractivity contribution in [1.29, 1.82) is 0 Å². The zero-order valence-corrected chi connectivity index (χ0v) is 15.2. The first-order valence-corrected chi connectivity index (χ1v) is 9.56. The first-order chi connectivity index (χ1) is 13.0. The first kappa shape index (κ1) is 18.6. The molecule has 9 heteroatoms. The maximum absolute atomic E-state index is 12.9. The SMILES string of the molecule is CCOc1ccc(S(=O)(=O)Nc2ccc(Nc3ccc(F)cc3)nn2)cc1. The molecule has 140 valence electrons. The minimum atomic E-state index is -3.79. The van der Waals surface area contributed by atoms with Crippen LogP contribution >= 0.6 is 0 Å². The topological polar surface area (TPSA) is 93.2 Å². The van der Waals surface area contributed by atoms with Crippen molar-refractivity contribution in [2.45, 2.75) is 11.8 Å². The molecule has 0 unspecified atom stereocenters. The number of hydrogen-bond acceptors (Lipinski definition) is 6. The maximum Gasteiger partial charge on any atom is 0.263 e. The zero-order valence-electron chi connectivity index (χ0n) is 14.4. The molecule has 3 aromatic rings. The second-order valence-electron chi connectivity index (χ2n) is 5.45. The van der Waals surface area contributed by atoms with Gasteiger partial charge in [0.1, 0.15) is 11.6 Å². The van der Waals surface area contributed by atoms with Gasteiger partial charge < -0.3 is 10.1 Å². The van der Waals surface area contributed by atoms with E-state index in [4.69, 9.17) is 4.74 Å². The third-order valence-electron chi connectivity index (χ3n) is 3.47. The number of nitrogens with zero attached hydrogens (tertiary/aromatic N) is 2. The van der Waals surface area contributed by atoms with Gasteiger partial charge >= 0.3 is 0 Å². The Labute approximate surface area is 156 Å². The van der Waals surface area contributed by atoms with Gasteiger partial charge in [0.15, 0.2) is 11.6 Å². The lowest BCUT2D eigenvalue weighted by Gasteiger charge is -2.09. The van der Waals surface area contributed by atoms with Crippen LogP contribution in [0.2, 0.25) is 0 Å². The summed E-state index contributed by atoms with van der Waals surface area (Å²) in [6.45, 7) is 2.34. The summed E-state index contributed by atoms with van der Waals surface area (Å²) < 4.78 is 45.4. The number of benzene rings is 2. The molecule has 0 aliphatic rings. The fraction of sp³-hybridized carbons (Fsp3) is 0.111. The molecule has 0 saturated heterocycles. The van der Waals surface area contributed by atoms with Crippen molar-refractivity contribution in [3.8, 4) is 5.75 Å². The van der Waals surface area contributed by atoms with Crippen molar-refractivity contribution in [3.05, 3.63) is 66.5 Å². The molecule has 2 N–H and O–H groups in total. The van der Waals surface area contributed by atoms with E-state index < -0.39 is 10.0 Å². The van der Waals surface area contributed by atoms with E-state index in [-0.39, 0.29) is 16.5 Å². The zero-order chi connectivity index (χ0) is 19.3. The van der Waals surface area contributed by atoms with E-state index >= 15 is 0 Å². The lowest BCUT2D eigenvalue weighted by molar-refractivity contribution is 0.340. The van der Waals surface area contributed by atoms with Crippen molar-refractivity contribution in [1.82, 2.24) is 10.2 Å². The highest BCUT2D eigenvalue weighted by molar-refractivity contribution is 7.92. The average Bonchev–Trinajstić information content (AvgIpc) is 2.66. The van der Waals surface area contributed by atoms with Gasteiger partial charge in [-0.25, -0.2) is 12.8 Å². The quantitative estimate of drug-likeness (QED) is 0.643. The molecule has 3 rings (SSSR count). The van der Waals surface area contributed by atoms with Gasteiger partial charge in [-0.2, -0.15) is 0 Å². The molecule has 2 aromatic carbocycles. The van der Waals surface area contributed by atoms with Crippen LogP contribution in [0.1, 0.15) is 6.92 Å². The summed E-state index contributed by atoms with van der Waals surface area (Å²) in [5.41, 5.74) is 0.633. The minimum absolute atomic E-state index is 0.0774. The van der Waals surface area contributed by atoms with Gasteiger partial charge in [-0.1, -0.05) is 0 Å². The molecule has 27 heavy (non-hydrogen) atoms. The number of nitrogens with one attached hydrogen (secondary N) is 2. The van der Waals surface area contributed by atoms with E-state index in [0.717, 1.165) is 0 Å². The number of ether oxygens (including phenoxy) is 1. The van der Waals surface area contributed by atoms with E-state index in [9.17, 15) is 12.8 Å².